The Morgan fingerprint density at radius 3 is 2.06 bits per heavy atom. The average molecular weight is 499 g/mol. The number of hydrogen-bond donors (Lipinski definition) is 1. The van der Waals surface area contributed by atoms with Gasteiger partial charge in [-0.05, 0) is 44.4 Å². The number of piperazine rings is 1. The van der Waals surface area contributed by atoms with Gasteiger partial charge in [-0.25, -0.2) is 16.8 Å². The molecule has 2 heterocycles. The van der Waals surface area contributed by atoms with E-state index in [-0.39, 0.29) is 47.4 Å². The molecule has 0 unspecified atom stereocenters. The fourth-order valence-corrected chi connectivity index (χ4v) is 6.74. The minimum atomic E-state index is -4.00. The molecule has 2 aromatic rings. The van der Waals surface area contributed by atoms with Crippen LogP contribution in [-0.4, -0.2) is 69.3 Å². The molecule has 1 N–H and O–H groups in total. The van der Waals surface area contributed by atoms with Crippen LogP contribution in [0.25, 0.3) is 0 Å². The molecule has 1 aliphatic heterocycles. The molecule has 33 heavy (non-hydrogen) atoms. The summed E-state index contributed by atoms with van der Waals surface area (Å²) in [6, 6.07) is 5.80. The van der Waals surface area contributed by atoms with Crippen LogP contribution in [0.15, 0.2) is 38.6 Å². The minimum absolute atomic E-state index is 0.0819. The number of nitrogens with zero attached hydrogens (tertiary/aromatic N) is 3. The van der Waals surface area contributed by atoms with Crippen molar-refractivity contribution in [2.45, 2.75) is 56.4 Å². The van der Waals surface area contributed by atoms with Crippen molar-refractivity contribution in [3.63, 3.8) is 0 Å². The first kappa shape index (κ1) is 25.3. The van der Waals surface area contributed by atoms with E-state index < -0.39 is 32.0 Å². The number of amides is 1. The normalized spacial score (nSPS) is 16.8. The molecule has 1 aromatic heterocycles. The first-order chi connectivity index (χ1) is 15.3. The lowest BCUT2D eigenvalue weighted by atomic mass is 10.0. The zero-order valence-electron chi connectivity index (χ0n) is 19.4. The van der Waals surface area contributed by atoms with E-state index in [0.717, 1.165) is 5.56 Å². The van der Waals surface area contributed by atoms with Gasteiger partial charge in [0, 0.05) is 26.2 Å². The lowest BCUT2D eigenvalue weighted by molar-refractivity contribution is -0.133. The lowest BCUT2D eigenvalue weighted by Gasteiger charge is -2.35. The molecule has 1 amide bonds. The molecule has 1 atom stereocenters. The number of aromatic nitrogens is 1. The van der Waals surface area contributed by atoms with Crippen LogP contribution in [0.2, 0.25) is 0 Å². The molecule has 0 spiro atoms. The van der Waals surface area contributed by atoms with E-state index in [1.807, 2.05) is 26.0 Å². The minimum Gasteiger partial charge on any atom is -0.360 e. The monoisotopic (exact) mass is 498 g/mol. The van der Waals surface area contributed by atoms with Crippen LogP contribution in [0.1, 0.15) is 43.7 Å². The van der Waals surface area contributed by atoms with Crippen LogP contribution in [0.4, 0.5) is 0 Å². The number of nitrogens with one attached hydrogen (secondary N) is 1. The zero-order chi connectivity index (χ0) is 24.6. The fraction of sp³-hybridized carbons (Fsp3) is 0.524. The van der Waals surface area contributed by atoms with Crippen LogP contribution >= 0.6 is 0 Å². The van der Waals surface area contributed by atoms with Gasteiger partial charge >= 0.3 is 0 Å². The molecule has 12 heteroatoms. The molecule has 0 bridgehead atoms. The summed E-state index contributed by atoms with van der Waals surface area (Å²) in [6.45, 7) is 9.11. The van der Waals surface area contributed by atoms with Crippen molar-refractivity contribution in [1.29, 1.82) is 0 Å². The summed E-state index contributed by atoms with van der Waals surface area (Å²) in [5, 5.41) is 3.64. The smallest absolute Gasteiger partial charge is 0.246 e. The Morgan fingerprint density at radius 1 is 1.00 bits per heavy atom. The van der Waals surface area contributed by atoms with E-state index in [1.54, 1.807) is 12.1 Å². The standard InChI is InChI=1S/C21H30N4O6S2/c1-14(2)18-6-8-19(9-7-18)33(29,30)25-12-10-24(11-13-25)21(26)16(4)23-32(27,28)20-15(3)22-31-17(20)5/h6-9,14,16,23H,10-13H2,1-5H3/t16-/m0/s1. The van der Waals surface area contributed by atoms with Gasteiger partial charge in [0.05, 0.1) is 10.9 Å². The van der Waals surface area contributed by atoms with Crippen molar-refractivity contribution in [2.75, 3.05) is 26.2 Å². The Bertz CT molecular complexity index is 1190. The topological polar surface area (TPSA) is 130 Å². The maximum Gasteiger partial charge on any atom is 0.246 e. The number of hydrogen-bond acceptors (Lipinski definition) is 7. The second kappa shape index (κ2) is 9.53. The van der Waals surface area contributed by atoms with Crippen molar-refractivity contribution < 1.29 is 26.2 Å². The van der Waals surface area contributed by atoms with Gasteiger partial charge in [0.15, 0.2) is 5.76 Å². The van der Waals surface area contributed by atoms with Gasteiger partial charge in [-0.3, -0.25) is 4.79 Å². The molecule has 1 saturated heterocycles. The summed E-state index contributed by atoms with van der Waals surface area (Å²) in [5.41, 5.74) is 1.26. The van der Waals surface area contributed by atoms with E-state index in [1.165, 1.54) is 30.0 Å². The van der Waals surface area contributed by atoms with E-state index in [4.69, 9.17) is 4.52 Å². The Hall–Kier alpha value is -2.28. The SMILES string of the molecule is Cc1noc(C)c1S(=O)(=O)N[C@@H](C)C(=O)N1CCN(S(=O)(=O)c2ccc(C(C)C)cc2)CC1. The van der Waals surface area contributed by atoms with Crippen LogP contribution in [0.3, 0.4) is 0 Å². The molecule has 0 aliphatic carbocycles. The molecular weight excluding hydrogens is 468 g/mol. The van der Waals surface area contributed by atoms with Crippen LogP contribution in [-0.2, 0) is 24.8 Å². The van der Waals surface area contributed by atoms with E-state index in [9.17, 15) is 21.6 Å². The number of sulfonamides is 2. The van der Waals surface area contributed by atoms with Gasteiger partial charge in [-0.1, -0.05) is 31.1 Å². The fourth-order valence-electron chi connectivity index (χ4n) is 3.80. The van der Waals surface area contributed by atoms with E-state index in [2.05, 4.69) is 9.88 Å². The Balaban J connectivity index is 1.63. The number of benzene rings is 1. The average Bonchev–Trinajstić information content (AvgIpc) is 3.11. The molecule has 0 saturated carbocycles. The molecular formula is C21H30N4O6S2. The number of rotatable bonds is 7. The molecule has 0 radical (unpaired) electrons. The lowest BCUT2D eigenvalue weighted by Crippen LogP contribution is -2.55. The molecule has 1 aromatic carbocycles. The summed E-state index contributed by atoms with van der Waals surface area (Å²) in [7, 11) is -7.68. The van der Waals surface area contributed by atoms with Crippen molar-refractivity contribution in [2.24, 2.45) is 0 Å². The van der Waals surface area contributed by atoms with E-state index >= 15 is 0 Å². The third-order valence-electron chi connectivity index (χ3n) is 5.67. The largest absolute Gasteiger partial charge is 0.360 e. The zero-order valence-corrected chi connectivity index (χ0v) is 21.0. The summed E-state index contributed by atoms with van der Waals surface area (Å²) < 4.78 is 59.9. The van der Waals surface area contributed by atoms with Crippen molar-refractivity contribution in [3.05, 3.63) is 41.3 Å². The second-order valence-electron chi connectivity index (χ2n) is 8.45. The second-order valence-corrected chi connectivity index (χ2v) is 12.0. The maximum atomic E-state index is 13.0. The van der Waals surface area contributed by atoms with Gasteiger partial charge in [0.25, 0.3) is 0 Å². The van der Waals surface area contributed by atoms with E-state index in [0.29, 0.717) is 5.92 Å². The molecule has 3 rings (SSSR count). The molecule has 1 aliphatic rings. The van der Waals surface area contributed by atoms with Gasteiger partial charge in [-0.15, -0.1) is 0 Å². The summed E-state index contributed by atoms with van der Waals surface area (Å²) in [5.74, 6) is 0.0110. The highest BCUT2D eigenvalue weighted by Gasteiger charge is 2.34. The summed E-state index contributed by atoms with van der Waals surface area (Å²) in [6.07, 6.45) is 0. The third-order valence-corrected chi connectivity index (χ3v) is 9.37. The van der Waals surface area contributed by atoms with Crippen molar-refractivity contribution in [3.8, 4) is 0 Å². The quantitative estimate of drug-likeness (QED) is 0.614. The molecule has 1 fully saturated rings. The number of carbonyl (C=O) groups is 1. The highest BCUT2D eigenvalue weighted by Crippen LogP contribution is 2.22. The number of aryl methyl sites for hydroxylation is 2. The highest BCUT2D eigenvalue weighted by atomic mass is 32.2. The van der Waals surface area contributed by atoms with Gasteiger partial charge in [0.2, 0.25) is 26.0 Å². The predicted molar refractivity (Wildman–Crippen MR) is 122 cm³/mol. The van der Waals surface area contributed by atoms with Crippen molar-refractivity contribution >= 4 is 26.0 Å². The van der Waals surface area contributed by atoms with Gasteiger partial charge in [0.1, 0.15) is 10.6 Å². The molecule has 182 valence electrons. The summed E-state index contributed by atoms with van der Waals surface area (Å²) >= 11 is 0. The van der Waals surface area contributed by atoms with Crippen LogP contribution in [0, 0.1) is 13.8 Å². The van der Waals surface area contributed by atoms with Crippen LogP contribution in [0.5, 0.6) is 0 Å². The third kappa shape index (κ3) is 5.29. The van der Waals surface area contributed by atoms with Gasteiger partial charge in [-0.2, -0.15) is 9.03 Å². The Labute approximate surface area is 195 Å². The Morgan fingerprint density at radius 2 is 1.58 bits per heavy atom. The van der Waals surface area contributed by atoms with Gasteiger partial charge < -0.3 is 9.42 Å². The summed E-state index contributed by atoms with van der Waals surface area (Å²) in [4.78, 5) is 14.4. The first-order valence-electron chi connectivity index (χ1n) is 10.7. The predicted octanol–water partition coefficient (Wildman–Crippen LogP) is 1.61. The van der Waals surface area contributed by atoms with Crippen molar-refractivity contribution in [1.82, 2.24) is 19.1 Å². The maximum absolute atomic E-state index is 13.0. The Kier molecular flexibility index (Phi) is 7.32. The molecule has 10 nitrogen and oxygen atoms in total. The van der Waals surface area contributed by atoms with Crippen LogP contribution < -0.4 is 4.72 Å². The number of carbonyl (C=O) groups excluding carboxylic acids is 1. The first-order valence-corrected chi connectivity index (χ1v) is 13.6. The highest BCUT2D eigenvalue weighted by molar-refractivity contribution is 7.89.